The van der Waals surface area contributed by atoms with Crippen LogP contribution in [0.2, 0.25) is 5.02 Å². The van der Waals surface area contributed by atoms with Crippen molar-refractivity contribution >= 4 is 17.5 Å². The molecule has 2 rings (SSSR count). The summed E-state index contributed by atoms with van der Waals surface area (Å²) in [5.41, 5.74) is 7.39. The molecule has 3 N–H and O–H groups in total. The molecule has 1 amide bonds. The minimum Gasteiger partial charge on any atom is -0.368 e. The molecule has 1 fully saturated rings. The van der Waals surface area contributed by atoms with Crippen LogP contribution < -0.4 is 11.1 Å². The first-order chi connectivity index (χ1) is 9.08. The number of hydrogen-bond acceptors (Lipinski definition) is 2. The smallest absolute Gasteiger partial charge is 0.239 e. The second-order valence-corrected chi connectivity index (χ2v) is 5.75. The number of halogens is 1. The van der Waals surface area contributed by atoms with E-state index in [1.807, 2.05) is 25.1 Å². The molecular weight excluding hydrogens is 260 g/mol. The molecule has 0 aliphatic heterocycles. The van der Waals surface area contributed by atoms with Gasteiger partial charge in [0.25, 0.3) is 0 Å². The minimum atomic E-state index is -0.443. The molecule has 3 nitrogen and oxygen atoms in total. The highest BCUT2D eigenvalue weighted by Gasteiger charge is 2.23. The van der Waals surface area contributed by atoms with Gasteiger partial charge in [0.15, 0.2) is 0 Å². The van der Waals surface area contributed by atoms with Gasteiger partial charge in [-0.2, -0.15) is 0 Å². The fraction of sp³-hybridized carbons (Fsp3) is 0.533. The number of amides is 1. The van der Waals surface area contributed by atoms with E-state index in [0.717, 1.165) is 24.0 Å². The molecule has 0 heterocycles. The van der Waals surface area contributed by atoms with Gasteiger partial charge in [0.2, 0.25) is 5.91 Å². The zero-order valence-corrected chi connectivity index (χ0v) is 12.0. The van der Waals surface area contributed by atoms with Crippen molar-refractivity contribution in [2.45, 2.75) is 51.1 Å². The number of rotatable bonds is 4. The first kappa shape index (κ1) is 14.4. The molecule has 1 aliphatic rings. The Morgan fingerprint density at radius 3 is 2.63 bits per heavy atom. The zero-order valence-electron chi connectivity index (χ0n) is 11.3. The second-order valence-electron chi connectivity index (χ2n) is 5.35. The molecule has 0 saturated heterocycles. The van der Waals surface area contributed by atoms with E-state index in [-0.39, 0.29) is 5.91 Å². The predicted molar refractivity (Wildman–Crippen MR) is 78.1 cm³/mol. The van der Waals surface area contributed by atoms with E-state index in [0.29, 0.717) is 11.1 Å². The third kappa shape index (κ3) is 3.71. The molecule has 1 saturated carbocycles. The highest BCUT2D eigenvalue weighted by Crippen LogP contribution is 2.24. The maximum absolute atomic E-state index is 11.7. The summed E-state index contributed by atoms with van der Waals surface area (Å²) in [6.45, 7) is 1.94. The fourth-order valence-electron chi connectivity index (χ4n) is 2.64. The molecule has 1 unspecified atom stereocenters. The summed E-state index contributed by atoms with van der Waals surface area (Å²) < 4.78 is 0. The molecule has 1 aliphatic carbocycles. The van der Waals surface area contributed by atoms with Crippen molar-refractivity contribution in [3.8, 4) is 0 Å². The zero-order chi connectivity index (χ0) is 13.8. The summed E-state index contributed by atoms with van der Waals surface area (Å²) in [5, 5.41) is 4.06. The lowest BCUT2D eigenvalue weighted by Gasteiger charge is -2.27. The van der Waals surface area contributed by atoms with Crippen molar-refractivity contribution in [1.29, 1.82) is 0 Å². The Bertz CT molecular complexity index is 455. The fourth-order valence-corrected chi connectivity index (χ4v) is 2.83. The number of benzene rings is 1. The van der Waals surface area contributed by atoms with Gasteiger partial charge in [-0.3, -0.25) is 10.1 Å². The predicted octanol–water partition coefficient (Wildman–Crippen LogP) is 3.10. The van der Waals surface area contributed by atoms with Crippen LogP contribution in [0.1, 0.15) is 49.3 Å². The number of nitrogens with two attached hydrogens (primary N) is 1. The molecule has 0 spiro atoms. The number of hydrogen-bond donors (Lipinski definition) is 2. The summed E-state index contributed by atoms with van der Waals surface area (Å²) in [6.07, 6.45) is 5.96. The maximum atomic E-state index is 11.7. The largest absolute Gasteiger partial charge is 0.368 e. The van der Waals surface area contributed by atoms with Gasteiger partial charge in [-0.05, 0) is 37.0 Å². The molecule has 4 heteroatoms. The lowest BCUT2D eigenvalue weighted by atomic mass is 9.93. The Labute approximate surface area is 119 Å². The quantitative estimate of drug-likeness (QED) is 0.890. The average Bonchev–Trinajstić information content (AvgIpc) is 2.40. The number of nitrogens with one attached hydrogen (secondary N) is 1. The van der Waals surface area contributed by atoms with Gasteiger partial charge < -0.3 is 5.73 Å². The standard InChI is InChI=1S/C15H21ClN2O/c1-10-7-8-11(9-13(10)16)14(15(17)19)18-12-5-3-2-4-6-12/h7-9,12,14,18H,2-6H2,1H3,(H2,17,19). The van der Waals surface area contributed by atoms with E-state index in [2.05, 4.69) is 5.32 Å². The van der Waals surface area contributed by atoms with Crippen LogP contribution in [0, 0.1) is 6.92 Å². The highest BCUT2D eigenvalue weighted by atomic mass is 35.5. The summed E-state index contributed by atoms with van der Waals surface area (Å²) in [7, 11) is 0. The van der Waals surface area contributed by atoms with E-state index in [4.69, 9.17) is 17.3 Å². The summed E-state index contributed by atoms with van der Waals surface area (Å²) >= 11 is 6.13. The molecule has 1 atom stereocenters. The van der Waals surface area contributed by atoms with Gasteiger partial charge in [0.05, 0.1) is 0 Å². The Morgan fingerprint density at radius 2 is 2.05 bits per heavy atom. The SMILES string of the molecule is Cc1ccc(C(NC2CCCCC2)C(N)=O)cc1Cl. The number of primary amides is 1. The lowest BCUT2D eigenvalue weighted by Crippen LogP contribution is -2.40. The van der Waals surface area contributed by atoms with Crippen LogP contribution in [0.25, 0.3) is 0 Å². The third-order valence-electron chi connectivity index (χ3n) is 3.82. The van der Waals surface area contributed by atoms with E-state index >= 15 is 0 Å². The minimum absolute atomic E-state index is 0.342. The van der Waals surface area contributed by atoms with Crippen LogP contribution in [-0.4, -0.2) is 11.9 Å². The number of carbonyl (C=O) groups is 1. The van der Waals surface area contributed by atoms with E-state index < -0.39 is 6.04 Å². The monoisotopic (exact) mass is 280 g/mol. The molecule has 0 radical (unpaired) electrons. The Kier molecular flexibility index (Phi) is 4.83. The van der Waals surface area contributed by atoms with E-state index in [1.165, 1.54) is 19.3 Å². The highest BCUT2D eigenvalue weighted by molar-refractivity contribution is 6.31. The van der Waals surface area contributed by atoms with Crippen molar-refractivity contribution in [1.82, 2.24) is 5.32 Å². The lowest BCUT2D eigenvalue weighted by molar-refractivity contribution is -0.120. The number of carbonyl (C=O) groups excluding carboxylic acids is 1. The molecule has 1 aromatic rings. The first-order valence-corrected chi connectivity index (χ1v) is 7.27. The summed E-state index contributed by atoms with van der Waals surface area (Å²) in [5.74, 6) is -0.342. The van der Waals surface area contributed by atoms with Crippen molar-refractivity contribution in [3.63, 3.8) is 0 Å². The van der Waals surface area contributed by atoms with Gasteiger partial charge in [0.1, 0.15) is 6.04 Å². The second kappa shape index (κ2) is 6.40. The van der Waals surface area contributed by atoms with Crippen LogP contribution in [-0.2, 0) is 4.79 Å². The normalized spacial score (nSPS) is 18.2. The molecule has 104 valence electrons. The van der Waals surface area contributed by atoms with Gasteiger partial charge in [-0.25, -0.2) is 0 Å². The Balaban J connectivity index is 2.14. The average molecular weight is 281 g/mol. The van der Waals surface area contributed by atoms with E-state index in [9.17, 15) is 4.79 Å². The van der Waals surface area contributed by atoms with Crippen molar-refractivity contribution in [2.75, 3.05) is 0 Å². The third-order valence-corrected chi connectivity index (χ3v) is 4.23. The molecule has 1 aromatic carbocycles. The topological polar surface area (TPSA) is 55.1 Å². The van der Waals surface area contributed by atoms with Crippen molar-refractivity contribution in [2.24, 2.45) is 5.73 Å². The van der Waals surface area contributed by atoms with Gasteiger partial charge in [0, 0.05) is 11.1 Å². The van der Waals surface area contributed by atoms with Crippen LogP contribution in [0.15, 0.2) is 18.2 Å². The summed E-state index contributed by atoms with van der Waals surface area (Å²) in [4.78, 5) is 11.7. The molecule has 0 bridgehead atoms. The summed E-state index contributed by atoms with van der Waals surface area (Å²) in [6, 6.07) is 5.62. The van der Waals surface area contributed by atoms with Crippen LogP contribution in [0.4, 0.5) is 0 Å². The van der Waals surface area contributed by atoms with Crippen LogP contribution >= 0.6 is 11.6 Å². The molecule has 19 heavy (non-hydrogen) atoms. The van der Waals surface area contributed by atoms with Gasteiger partial charge in [-0.15, -0.1) is 0 Å². The maximum Gasteiger partial charge on any atom is 0.239 e. The van der Waals surface area contributed by atoms with E-state index in [1.54, 1.807) is 0 Å². The molecule has 0 aromatic heterocycles. The molecular formula is C15H21ClN2O. The Morgan fingerprint density at radius 1 is 1.37 bits per heavy atom. The van der Waals surface area contributed by atoms with Crippen LogP contribution in [0.3, 0.4) is 0 Å². The van der Waals surface area contributed by atoms with Gasteiger partial charge in [-0.1, -0.05) is 43.0 Å². The number of aryl methyl sites for hydroxylation is 1. The van der Waals surface area contributed by atoms with Gasteiger partial charge >= 0.3 is 0 Å². The van der Waals surface area contributed by atoms with Crippen molar-refractivity contribution < 1.29 is 4.79 Å². The first-order valence-electron chi connectivity index (χ1n) is 6.89. The van der Waals surface area contributed by atoms with Crippen LogP contribution in [0.5, 0.6) is 0 Å². The Hall–Kier alpha value is -1.06. The van der Waals surface area contributed by atoms with Crippen molar-refractivity contribution in [3.05, 3.63) is 34.3 Å².